The van der Waals surface area contributed by atoms with Gasteiger partial charge >= 0.3 is 0 Å². The van der Waals surface area contributed by atoms with Gasteiger partial charge in [0.25, 0.3) is 0 Å². The number of nitrogen functional groups attached to an aromatic ring is 1. The second-order valence-corrected chi connectivity index (χ2v) is 3.79. The van der Waals surface area contributed by atoms with Gasteiger partial charge < -0.3 is 15.0 Å². The first-order chi connectivity index (χ1) is 7.68. The van der Waals surface area contributed by atoms with Gasteiger partial charge in [-0.15, -0.1) is 0 Å². The molecule has 0 atom stereocenters. The molecular formula is C11H12ClN3O. The Balaban J connectivity index is 2.08. The number of benzene rings is 1. The van der Waals surface area contributed by atoms with Crippen LogP contribution in [0.5, 0.6) is 5.75 Å². The molecule has 0 radical (unpaired) electrons. The van der Waals surface area contributed by atoms with E-state index in [4.69, 9.17) is 22.1 Å². The van der Waals surface area contributed by atoms with Gasteiger partial charge in [-0.25, -0.2) is 4.98 Å². The molecule has 5 heteroatoms. The molecule has 1 aromatic heterocycles. The molecule has 84 valence electrons. The van der Waals surface area contributed by atoms with Crippen LogP contribution in [0.25, 0.3) is 0 Å². The number of halogens is 1. The number of nitrogens with zero attached hydrogens (tertiary/aromatic N) is 2. The molecule has 0 saturated heterocycles. The van der Waals surface area contributed by atoms with E-state index in [-0.39, 0.29) is 0 Å². The number of hydrogen-bond acceptors (Lipinski definition) is 3. The van der Waals surface area contributed by atoms with Gasteiger partial charge in [0.05, 0.1) is 16.9 Å². The third-order valence-corrected chi connectivity index (χ3v) is 2.64. The minimum atomic E-state index is 0.393. The summed E-state index contributed by atoms with van der Waals surface area (Å²) < 4.78 is 7.34. The van der Waals surface area contributed by atoms with E-state index in [9.17, 15) is 0 Å². The fraction of sp³-hybridized carbons (Fsp3) is 0.182. The molecule has 0 amide bonds. The summed E-state index contributed by atoms with van der Waals surface area (Å²) in [5, 5.41) is 0.595. The van der Waals surface area contributed by atoms with Gasteiger partial charge in [0.1, 0.15) is 12.4 Å². The molecule has 1 aromatic carbocycles. The summed E-state index contributed by atoms with van der Waals surface area (Å²) in [5.41, 5.74) is 6.51. The topological polar surface area (TPSA) is 53.1 Å². The van der Waals surface area contributed by atoms with E-state index in [1.54, 1.807) is 16.8 Å². The maximum atomic E-state index is 5.96. The minimum absolute atomic E-state index is 0.393. The van der Waals surface area contributed by atoms with Crippen molar-refractivity contribution in [3.05, 3.63) is 41.2 Å². The summed E-state index contributed by atoms with van der Waals surface area (Å²) in [4.78, 5) is 3.98. The SMILES string of the molecule is Cn1c(COc2ccccc2Cl)cnc1N. The zero-order valence-corrected chi connectivity index (χ0v) is 9.61. The van der Waals surface area contributed by atoms with Crippen molar-refractivity contribution in [1.82, 2.24) is 9.55 Å². The van der Waals surface area contributed by atoms with Crippen molar-refractivity contribution in [2.75, 3.05) is 5.73 Å². The first-order valence-electron chi connectivity index (χ1n) is 4.82. The second kappa shape index (κ2) is 4.45. The number of rotatable bonds is 3. The van der Waals surface area contributed by atoms with E-state index >= 15 is 0 Å². The van der Waals surface area contributed by atoms with E-state index in [0.29, 0.717) is 23.3 Å². The number of anilines is 1. The fourth-order valence-corrected chi connectivity index (χ4v) is 1.50. The Morgan fingerprint density at radius 2 is 2.19 bits per heavy atom. The highest BCUT2D eigenvalue weighted by atomic mass is 35.5. The molecule has 0 saturated carbocycles. The van der Waals surface area contributed by atoms with Crippen LogP contribution in [-0.4, -0.2) is 9.55 Å². The van der Waals surface area contributed by atoms with Crippen molar-refractivity contribution >= 4 is 17.5 Å². The smallest absolute Gasteiger partial charge is 0.200 e. The third-order valence-electron chi connectivity index (χ3n) is 2.33. The molecule has 0 aliphatic carbocycles. The first kappa shape index (κ1) is 10.8. The van der Waals surface area contributed by atoms with Gasteiger partial charge in [-0.1, -0.05) is 23.7 Å². The summed E-state index contributed by atoms with van der Waals surface area (Å²) in [6.07, 6.45) is 1.69. The maximum absolute atomic E-state index is 5.96. The molecule has 2 N–H and O–H groups in total. The van der Waals surface area contributed by atoms with Crippen molar-refractivity contribution in [3.8, 4) is 5.75 Å². The van der Waals surface area contributed by atoms with Crippen LogP contribution in [0.4, 0.5) is 5.95 Å². The zero-order valence-electron chi connectivity index (χ0n) is 8.85. The normalized spacial score (nSPS) is 10.4. The third kappa shape index (κ3) is 2.12. The fourth-order valence-electron chi connectivity index (χ4n) is 1.31. The van der Waals surface area contributed by atoms with Crippen molar-refractivity contribution in [2.24, 2.45) is 7.05 Å². The largest absolute Gasteiger partial charge is 0.486 e. The van der Waals surface area contributed by atoms with Gasteiger partial charge in [-0.05, 0) is 12.1 Å². The van der Waals surface area contributed by atoms with Crippen LogP contribution in [0, 0.1) is 0 Å². The van der Waals surface area contributed by atoms with Crippen LogP contribution >= 0.6 is 11.6 Å². The molecule has 0 spiro atoms. The van der Waals surface area contributed by atoms with Crippen molar-refractivity contribution in [3.63, 3.8) is 0 Å². The quantitative estimate of drug-likeness (QED) is 0.891. The molecule has 1 heterocycles. The predicted octanol–water partition coefficient (Wildman–Crippen LogP) is 2.23. The molecule has 16 heavy (non-hydrogen) atoms. The Labute approximate surface area is 98.6 Å². The lowest BCUT2D eigenvalue weighted by atomic mass is 10.3. The zero-order chi connectivity index (χ0) is 11.5. The standard InChI is InChI=1S/C11H12ClN3O/c1-15-8(6-14-11(15)13)7-16-10-5-3-2-4-9(10)12/h2-6H,7H2,1H3,(H2,13,14). The Hall–Kier alpha value is -1.68. The average molecular weight is 238 g/mol. The molecule has 0 aliphatic heterocycles. The van der Waals surface area contributed by atoms with E-state index in [2.05, 4.69) is 4.98 Å². The van der Waals surface area contributed by atoms with Crippen LogP contribution in [0.2, 0.25) is 5.02 Å². The second-order valence-electron chi connectivity index (χ2n) is 3.39. The summed E-state index contributed by atoms with van der Waals surface area (Å²) >= 11 is 5.96. The lowest BCUT2D eigenvalue weighted by Gasteiger charge is -2.08. The van der Waals surface area contributed by atoms with Gasteiger partial charge in [-0.3, -0.25) is 0 Å². The highest BCUT2D eigenvalue weighted by Gasteiger charge is 2.05. The Kier molecular flexibility index (Phi) is 3.01. The minimum Gasteiger partial charge on any atom is -0.486 e. The van der Waals surface area contributed by atoms with E-state index in [0.717, 1.165) is 5.69 Å². The Morgan fingerprint density at radius 3 is 2.81 bits per heavy atom. The number of para-hydroxylation sites is 1. The highest BCUT2D eigenvalue weighted by molar-refractivity contribution is 6.32. The van der Waals surface area contributed by atoms with Crippen LogP contribution in [0.1, 0.15) is 5.69 Å². The van der Waals surface area contributed by atoms with E-state index in [1.807, 2.05) is 25.2 Å². The Morgan fingerprint density at radius 1 is 1.44 bits per heavy atom. The molecule has 0 fully saturated rings. The van der Waals surface area contributed by atoms with E-state index in [1.165, 1.54) is 0 Å². The van der Waals surface area contributed by atoms with Gasteiger partial charge in [0, 0.05) is 7.05 Å². The number of nitrogens with two attached hydrogens (primary N) is 1. The van der Waals surface area contributed by atoms with Crippen LogP contribution in [0.15, 0.2) is 30.5 Å². The summed E-state index contributed by atoms with van der Waals surface area (Å²) in [5.74, 6) is 1.13. The first-order valence-corrected chi connectivity index (χ1v) is 5.19. The lowest BCUT2D eigenvalue weighted by Crippen LogP contribution is -2.04. The van der Waals surface area contributed by atoms with Gasteiger partial charge in [0.2, 0.25) is 0 Å². The highest BCUT2D eigenvalue weighted by Crippen LogP contribution is 2.24. The maximum Gasteiger partial charge on any atom is 0.200 e. The van der Waals surface area contributed by atoms with Crippen molar-refractivity contribution in [2.45, 2.75) is 6.61 Å². The number of hydrogen-bond donors (Lipinski definition) is 1. The van der Waals surface area contributed by atoms with Crippen molar-refractivity contribution < 1.29 is 4.74 Å². The molecule has 0 aliphatic rings. The monoisotopic (exact) mass is 237 g/mol. The molecule has 0 bridgehead atoms. The molecule has 4 nitrogen and oxygen atoms in total. The molecule has 0 unspecified atom stereocenters. The summed E-state index contributed by atoms with van der Waals surface area (Å²) in [6, 6.07) is 7.34. The van der Waals surface area contributed by atoms with E-state index < -0.39 is 0 Å². The van der Waals surface area contributed by atoms with Crippen molar-refractivity contribution in [1.29, 1.82) is 0 Å². The summed E-state index contributed by atoms with van der Waals surface area (Å²) in [7, 11) is 1.84. The predicted molar refractivity (Wildman–Crippen MR) is 63.4 cm³/mol. The van der Waals surface area contributed by atoms with Crippen LogP contribution in [-0.2, 0) is 13.7 Å². The molecule has 2 aromatic rings. The summed E-state index contributed by atoms with van der Waals surface area (Å²) in [6.45, 7) is 0.393. The average Bonchev–Trinajstić information content (AvgIpc) is 2.59. The molecule has 2 rings (SSSR count). The van der Waals surface area contributed by atoms with Gasteiger partial charge in [0.15, 0.2) is 5.95 Å². The van der Waals surface area contributed by atoms with Gasteiger partial charge in [-0.2, -0.15) is 0 Å². The number of ether oxygens (including phenoxy) is 1. The lowest BCUT2D eigenvalue weighted by molar-refractivity contribution is 0.297. The Bertz CT molecular complexity index is 496. The molecular weight excluding hydrogens is 226 g/mol. The van der Waals surface area contributed by atoms with Crippen LogP contribution in [0.3, 0.4) is 0 Å². The number of imidazole rings is 1. The number of aromatic nitrogens is 2. The van der Waals surface area contributed by atoms with Crippen LogP contribution < -0.4 is 10.5 Å².